The Bertz CT molecular complexity index is 519. The van der Waals surface area contributed by atoms with Crippen molar-refractivity contribution >= 4 is 28.3 Å². The molecule has 1 heterocycles. The van der Waals surface area contributed by atoms with Gasteiger partial charge in [0.1, 0.15) is 5.82 Å². The Morgan fingerprint density at radius 1 is 1.26 bits per heavy atom. The number of hydrogen-bond acceptors (Lipinski definition) is 2. The van der Waals surface area contributed by atoms with Gasteiger partial charge in [-0.2, -0.15) is 13.2 Å². The van der Waals surface area contributed by atoms with E-state index in [1.54, 1.807) is 19.1 Å². The van der Waals surface area contributed by atoms with Crippen LogP contribution in [0, 0.1) is 12.7 Å². The lowest BCUT2D eigenvalue weighted by atomic mass is 9.97. The molecule has 0 aromatic heterocycles. The van der Waals surface area contributed by atoms with E-state index in [9.17, 15) is 17.6 Å². The van der Waals surface area contributed by atoms with Gasteiger partial charge in [-0.3, -0.25) is 4.90 Å². The minimum Gasteiger partial charge on any atom is -0.314 e. The first-order chi connectivity index (χ1) is 10.3. The molecule has 0 saturated carbocycles. The van der Waals surface area contributed by atoms with Crippen LogP contribution in [-0.4, -0.2) is 37.3 Å². The molecule has 2 nitrogen and oxygen atoms in total. The van der Waals surface area contributed by atoms with Gasteiger partial charge in [-0.15, -0.1) is 12.4 Å². The van der Waals surface area contributed by atoms with Crippen LogP contribution in [0.1, 0.15) is 30.0 Å². The number of aryl methyl sites for hydroxylation is 1. The second-order valence-electron chi connectivity index (χ2n) is 5.58. The van der Waals surface area contributed by atoms with E-state index in [1.807, 2.05) is 4.90 Å². The molecule has 132 valence electrons. The van der Waals surface area contributed by atoms with Gasteiger partial charge in [0.2, 0.25) is 0 Å². The van der Waals surface area contributed by atoms with Gasteiger partial charge in [0.15, 0.2) is 0 Å². The second kappa shape index (κ2) is 8.65. The highest BCUT2D eigenvalue weighted by molar-refractivity contribution is 9.10. The standard InChI is InChI=1S/C15H19BrF4N2.ClH/c1-10-8-11(16)9-12(14(10)17)13(2-3-15(18,19)20)22-6-4-21-5-7-22;/h8-9,13,21H,2-7H2,1H3;1H/t13-;/m1./s1. The fraction of sp³-hybridized carbons (Fsp3) is 0.600. The van der Waals surface area contributed by atoms with Crippen LogP contribution >= 0.6 is 28.3 Å². The first-order valence-corrected chi connectivity index (χ1v) is 8.04. The first kappa shape index (κ1) is 20.7. The van der Waals surface area contributed by atoms with Gasteiger partial charge < -0.3 is 5.32 Å². The topological polar surface area (TPSA) is 15.3 Å². The Labute approximate surface area is 148 Å². The number of piperazine rings is 1. The zero-order chi connectivity index (χ0) is 16.3. The molecule has 1 fully saturated rings. The molecule has 1 aliphatic rings. The van der Waals surface area contributed by atoms with Crippen LogP contribution in [0.5, 0.6) is 0 Å². The highest BCUT2D eigenvalue weighted by Crippen LogP contribution is 2.35. The molecule has 0 spiro atoms. The van der Waals surface area contributed by atoms with E-state index in [0.29, 0.717) is 41.8 Å². The normalized spacial score (nSPS) is 17.7. The van der Waals surface area contributed by atoms with Crippen molar-refractivity contribution in [1.82, 2.24) is 10.2 Å². The maximum Gasteiger partial charge on any atom is 0.389 e. The van der Waals surface area contributed by atoms with Crippen LogP contribution in [0.3, 0.4) is 0 Å². The molecule has 1 aliphatic heterocycles. The van der Waals surface area contributed by atoms with E-state index >= 15 is 0 Å². The summed E-state index contributed by atoms with van der Waals surface area (Å²) in [5.41, 5.74) is 0.787. The van der Waals surface area contributed by atoms with Crippen molar-refractivity contribution in [2.24, 2.45) is 0 Å². The van der Waals surface area contributed by atoms with Crippen molar-refractivity contribution in [3.63, 3.8) is 0 Å². The van der Waals surface area contributed by atoms with Gasteiger partial charge in [0.05, 0.1) is 0 Å². The Hall–Kier alpha value is -0.370. The third-order valence-electron chi connectivity index (χ3n) is 3.90. The summed E-state index contributed by atoms with van der Waals surface area (Å²) in [6.45, 7) is 4.28. The molecule has 8 heteroatoms. The molecule has 2 rings (SSSR count). The highest BCUT2D eigenvalue weighted by Gasteiger charge is 2.32. The number of alkyl halides is 3. The minimum absolute atomic E-state index is 0. The zero-order valence-electron chi connectivity index (χ0n) is 12.7. The Morgan fingerprint density at radius 2 is 1.87 bits per heavy atom. The fourth-order valence-corrected chi connectivity index (χ4v) is 3.41. The number of halogens is 6. The minimum atomic E-state index is -4.23. The number of benzene rings is 1. The van der Waals surface area contributed by atoms with Crippen molar-refractivity contribution in [2.75, 3.05) is 26.2 Å². The SMILES string of the molecule is Cc1cc(Br)cc([C@@H](CCC(F)(F)F)N2CCNCC2)c1F.Cl. The number of rotatable bonds is 4. The van der Waals surface area contributed by atoms with E-state index in [2.05, 4.69) is 21.2 Å². The molecule has 1 atom stereocenters. The van der Waals surface area contributed by atoms with E-state index in [1.165, 1.54) is 0 Å². The number of nitrogens with zero attached hydrogens (tertiary/aromatic N) is 1. The molecule has 1 aromatic rings. The highest BCUT2D eigenvalue weighted by atomic mass is 79.9. The Morgan fingerprint density at radius 3 is 2.43 bits per heavy atom. The summed E-state index contributed by atoms with van der Waals surface area (Å²) in [4.78, 5) is 1.94. The van der Waals surface area contributed by atoms with Crippen molar-refractivity contribution in [3.05, 3.63) is 33.5 Å². The summed E-state index contributed by atoms with van der Waals surface area (Å²) in [5, 5.41) is 3.16. The van der Waals surface area contributed by atoms with Gasteiger partial charge in [0.25, 0.3) is 0 Å². The predicted molar refractivity (Wildman–Crippen MR) is 88.6 cm³/mol. The number of nitrogens with one attached hydrogen (secondary N) is 1. The van der Waals surface area contributed by atoms with E-state index in [0.717, 1.165) is 0 Å². The summed E-state index contributed by atoms with van der Waals surface area (Å²) in [5.74, 6) is -0.408. The monoisotopic (exact) mass is 418 g/mol. The molecule has 0 bridgehead atoms. The summed E-state index contributed by atoms with van der Waals surface area (Å²) < 4.78 is 53.0. The van der Waals surface area contributed by atoms with Crippen LogP contribution in [0.15, 0.2) is 16.6 Å². The fourth-order valence-electron chi connectivity index (χ4n) is 2.82. The van der Waals surface area contributed by atoms with Gasteiger partial charge in [-0.05, 0) is 31.0 Å². The number of hydrogen-bond donors (Lipinski definition) is 1. The van der Waals surface area contributed by atoms with Gasteiger partial charge in [-0.1, -0.05) is 15.9 Å². The molecular formula is C15H20BrClF4N2. The molecule has 23 heavy (non-hydrogen) atoms. The van der Waals surface area contributed by atoms with E-state index < -0.39 is 24.5 Å². The second-order valence-corrected chi connectivity index (χ2v) is 6.50. The smallest absolute Gasteiger partial charge is 0.314 e. The van der Waals surface area contributed by atoms with Crippen molar-refractivity contribution in [2.45, 2.75) is 32.0 Å². The maximum absolute atomic E-state index is 14.5. The molecule has 0 aliphatic carbocycles. The van der Waals surface area contributed by atoms with Gasteiger partial charge in [0, 0.05) is 48.7 Å². The van der Waals surface area contributed by atoms with E-state index in [4.69, 9.17) is 0 Å². The van der Waals surface area contributed by atoms with Crippen molar-refractivity contribution in [3.8, 4) is 0 Å². The molecule has 1 aromatic carbocycles. The summed E-state index contributed by atoms with van der Waals surface area (Å²) in [7, 11) is 0. The molecule has 1 saturated heterocycles. The van der Waals surface area contributed by atoms with Crippen LogP contribution in [0.4, 0.5) is 17.6 Å². The summed E-state index contributed by atoms with van der Waals surface area (Å²) >= 11 is 3.31. The van der Waals surface area contributed by atoms with E-state index in [-0.39, 0.29) is 18.8 Å². The van der Waals surface area contributed by atoms with Crippen LogP contribution in [0.2, 0.25) is 0 Å². The molecule has 1 N–H and O–H groups in total. The first-order valence-electron chi connectivity index (χ1n) is 7.25. The van der Waals surface area contributed by atoms with Crippen molar-refractivity contribution < 1.29 is 17.6 Å². The maximum atomic E-state index is 14.5. The largest absolute Gasteiger partial charge is 0.389 e. The third-order valence-corrected chi connectivity index (χ3v) is 4.36. The molecular weight excluding hydrogens is 400 g/mol. The summed E-state index contributed by atoms with van der Waals surface area (Å²) in [6.07, 6.45) is -5.27. The summed E-state index contributed by atoms with van der Waals surface area (Å²) in [6, 6.07) is 2.68. The van der Waals surface area contributed by atoms with Gasteiger partial charge in [-0.25, -0.2) is 4.39 Å². The lowest BCUT2D eigenvalue weighted by Gasteiger charge is -2.36. The average Bonchev–Trinajstić information content (AvgIpc) is 2.44. The lowest BCUT2D eigenvalue weighted by molar-refractivity contribution is -0.138. The quantitative estimate of drug-likeness (QED) is 0.717. The lowest BCUT2D eigenvalue weighted by Crippen LogP contribution is -2.45. The van der Waals surface area contributed by atoms with Crippen LogP contribution in [-0.2, 0) is 0 Å². The van der Waals surface area contributed by atoms with Crippen LogP contribution < -0.4 is 5.32 Å². The Balaban J connectivity index is 0.00000264. The van der Waals surface area contributed by atoms with Crippen LogP contribution in [0.25, 0.3) is 0 Å². The Kier molecular flexibility index (Phi) is 7.77. The average molecular weight is 420 g/mol. The predicted octanol–water partition coefficient (Wildman–Crippen LogP) is 4.61. The molecule has 0 radical (unpaired) electrons. The third kappa shape index (κ3) is 5.89. The van der Waals surface area contributed by atoms with Gasteiger partial charge >= 0.3 is 6.18 Å². The zero-order valence-corrected chi connectivity index (χ0v) is 15.1. The van der Waals surface area contributed by atoms with Crippen molar-refractivity contribution in [1.29, 1.82) is 0 Å². The molecule has 0 amide bonds. The molecule has 0 unspecified atom stereocenters.